The summed E-state index contributed by atoms with van der Waals surface area (Å²) in [4.78, 5) is 20.8. The van der Waals surface area contributed by atoms with Gasteiger partial charge in [-0.05, 0) is 24.3 Å². The van der Waals surface area contributed by atoms with Gasteiger partial charge in [-0.15, -0.1) is 24.0 Å². The van der Waals surface area contributed by atoms with E-state index in [0.717, 1.165) is 38.4 Å². The van der Waals surface area contributed by atoms with Crippen molar-refractivity contribution in [2.24, 2.45) is 4.99 Å². The fourth-order valence-electron chi connectivity index (χ4n) is 3.10. The van der Waals surface area contributed by atoms with E-state index in [-0.39, 0.29) is 36.4 Å². The van der Waals surface area contributed by atoms with Crippen molar-refractivity contribution >= 4 is 41.5 Å². The van der Waals surface area contributed by atoms with E-state index in [1.54, 1.807) is 13.3 Å². The topological polar surface area (TPSA) is 73.1 Å². The van der Waals surface area contributed by atoms with Crippen LogP contribution in [-0.4, -0.2) is 63.1 Å². The van der Waals surface area contributed by atoms with Crippen LogP contribution in [0.3, 0.4) is 0 Å². The summed E-state index contributed by atoms with van der Waals surface area (Å²) in [5.74, 6) is 1.64. The quantitative estimate of drug-likeness (QED) is 0.363. The lowest BCUT2D eigenvalue weighted by Crippen LogP contribution is -2.52. The Labute approximate surface area is 183 Å². The fraction of sp³-hybridized carbons (Fsp3) is 0.400. The lowest BCUT2D eigenvalue weighted by atomic mass is 10.2. The molecule has 8 heteroatoms. The molecule has 2 heterocycles. The number of amides is 1. The van der Waals surface area contributed by atoms with Crippen LogP contribution in [0, 0.1) is 0 Å². The molecular weight excluding hydrogens is 469 g/mol. The van der Waals surface area contributed by atoms with E-state index in [2.05, 4.69) is 32.7 Å². The number of piperazine rings is 1. The van der Waals surface area contributed by atoms with Crippen LogP contribution in [0.15, 0.2) is 58.1 Å². The predicted molar refractivity (Wildman–Crippen MR) is 122 cm³/mol. The molecule has 0 saturated carbocycles. The lowest BCUT2D eigenvalue weighted by molar-refractivity contribution is -0.130. The number of carbonyl (C=O) groups excluding carboxylic acids is 1. The molecule has 1 amide bonds. The largest absolute Gasteiger partial charge is 0.469 e. The number of halogens is 1. The lowest BCUT2D eigenvalue weighted by Gasteiger charge is -2.36. The summed E-state index contributed by atoms with van der Waals surface area (Å²) in [6, 6.07) is 14.1. The zero-order valence-corrected chi connectivity index (χ0v) is 18.5. The molecule has 1 aromatic carbocycles. The molecule has 152 valence electrons. The second-order valence-electron chi connectivity index (χ2n) is 6.39. The van der Waals surface area contributed by atoms with Gasteiger partial charge in [-0.25, -0.2) is 0 Å². The Morgan fingerprint density at radius 2 is 1.82 bits per heavy atom. The van der Waals surface area contributed by atoms with Gasteiger partial charge >= 0.3 is 0 Å². The molecule has 2 N–H and O–H groups in total. The molecule has 1 fully saturated rings. The Morgan fingerprint density at radius 3 is 2.46 bits per heavy atom. The van der Waals surface area contributed by atoms with Crippen LogP contribution in [0.25, 0.3) is 0 Å². The third kappa shape index (κ3) is 6.43. The molecule has 0 aliphatic carbocycles. The number of nitrogens with one attached hydrogen (secondary N) is 2. The maximum Gasteiger partial charge on any atom is 0.242 e. The van der Waals surface area contributed by atoms with E-state index in [1.807, 2.05) is 35.2 Å². The fourth-order valence-corrected chi connectivity index (χ4v) is 3.10. The van der Waals surface area contributed by atoms with Crippen LogP contribution in [-0.2, 0) is 11.2 Å². The zero-order valence-electron chi connectivity index (χ0n) is 16.1. The minimum absolute atomic E-state index is 0. The first-order chi connectivity index (χ1) is 13.3. The molecular formula is C20H28IN5O2. The van der Waals surface area contributed by atoms with Crippen molar-refractivity contribution in [1.82, 2.24) is 15.5 Å². The van der Waals surface area contributed by atoms with Gasteiger partial charge in [0.15, 0.2) is 5.96 Å². The van der Waals surface area contributed by atoms with Crippen molar-refractivity contribution in [2.75, 3.05) is 51.2 Å². The van der Waals surface area contributed by atoms with Gasteiger partial charge in [0.2, 0.25) is 5.91 Å². The highest BCUT2D eigenvalue weighted by Gasteiger charge is 2.21. The first-order valence-corrected chi connectivity index (χ1v) is 9.31. The molecule has 1 saturated heterocycles. The molecule has 0 spiro atoms. The van der Waals surface area contributed by atoms with Gasteiger partial charge in [0.25, 0.3) is 0 Å². The van der Waals surface area contributed by atoms with Gasteiger partial charge in [-0.1, -0.05) is 18.2 Å². The Bertz CT molecular complexity index is 728. The van der Waals surface area contributed by atoms with E-state index in [0.29, 0.717) is 12.5 Å². The zero-order chi connectivity index (χ0) is 18.9. The van der Waals surface area contributed by atoms with Crippen LogP contribution in [0.5, 0.6) is 0 Å². The summed E-state index contributed by atoms with van der Waals surface area (Å²) in [5, 5.41) is 6.29. The van der Waals surface area contributed by atoms with Crippen LogP contribution < -0.4 is 15.5 Å². The first kappa shape index (κ1) is 22.1. The number of para-hydroxylation sites is 1. The van der Waals surface area contributed by atoms with E-state index >= 15 is 0 Å². The summed E-state index contributed by atoms with van der Waals surface area (Å²) in [5.41, 5.74) is 1.21. The Morgan fingerprint density at radius 1 is 1.07 bits per heavy atom. The molecule has 0 unspecified atom stereocenters. The number of aliphatic imine (C=N–C) groups is 1. The Kier molecular flexibility index (Phi) is 9.12. The van der Waals surface area contributed by atoms with E-state index in [9.17, 15) is 4.79 Å². The maximum absolute atomic E-state index is 12.5. The van der Waals surface area contributed by atoms with Crippen molar-refractivity contribution in [1.29, 1.82) is 0 Å². The Balaban J connectivity index is 0.00000280. The summed E-state index contributed by atoms with van der Waals surface area (Å²) in [7, 11) is 1.70. The summed E-state index contributed by atoms with van der Waals surface area (Å²) in [6.45, 7) is 4.11. The average molecular weight is 497 g/mol. The van der Waals surface area contributed by atoms with Crippen LogP contribution in [0.4, 0.5) is 5.69 Å². The SMILES string of the molecule is CN=C(NCCc1ccco1)NCC(=O)N1CCN(c2ccccc2)CC1.I. The van der Waals surface area contributed by atoms with Crippen molar-refractivity contribution in [3.05, 3.63) is 54.5 Å². The van der Waals surface area contributed by atoms with Gasteiger partial charge in [0, 0.05) is 51.9 Å². The van der Waals surface area contributed by atoms with E-state index in [4.69, 9.17) is 4.42 Å². The molecule has 0 atom stereocenters. The van der Waals surface area contributed by atoms with Gasteiger partial charge < -0.3 is 24.9 Å². The number of nitrogens with zero attached hydrogens (tertiary/aromatic N) is 3. The van der Waals surface area contributed by atoms with E-state index < -0.39 is 0 Å². The number of anilines is 1. The number of hydrogen-bond donors (Lipinski definition) is 2. The first-order valence-electron chi connectivity index (χ1n) is 9.31. The molecule has 3 rings (SSSR count). The highest BCUT2D eigenvalue weighted by atomic mass is 127. The normalized spacial score (nSPS) is 14.4. The Hall–Kier alpha value is -2.23. The van der Waals surface area contributed by atoms with Crippen molar-refractivity contribution in [3.63, 3.8) is 0 Å². The van der Waals surface area contributed by atoms with Crippen molar-refractivity contribution < 1.29 is 9.21 Å². The number of rotatable bonds is 6. The highest BCUT2D eigenvalue weighted by molar-refractivity contribution is 14.0. The molecule has 2 aromatic rings. The second kappa shape index (κ2) is 11.6. The molecule has 1 aliphatic heterocycles. The molecule has 1 aliphatic rings. The summed E-state index contributed by atoms with van der Waals surface area (Å²) < 4.78 is 5.30. The number of hydrogen-bond acceptors (Lipinski definition) is 4. The monoisotopic (exact) mass is 497 g/mol. The number of furan rings is 1. The number of guanidine groups is 1. The van der Waals surface area contributed by atoms with Gasteiger partial charge in [0.1, 0.15) is 5.76 Å². The smallest absolute Gasteiger partial charge is 0.242 e. The second-order valence-corrected chi connectivity index (χ2v) is 6.39. The van der Waals surface area contributed by atoms with Crippen LogP contribution in [0.2, 0.25) is 0 Å². The van der Waals surface area contributed by atoms with Crippen LogP contribution in [0.1, 0.15) is 5.76 Å². The summed E-state index contributed by atoms with van der Waals surface area (Å²) in [6.07, 6.45) is 2.43. The molecule has 7 nitrogen and oxygen atoms in total. The van der Waals surface area contributed by atoms with Crippen molar-refractivity contribution in [3.8, 4) is 0 Å². The highest BCUT2D eigenvalue weighted by Crippen LogP contribution is 2.15. The van der Waals surface area contributed by atoms with Crippen LogP contribution >= 0.6 is 24.0 Å². The number of benzene rings is 1. The van der Waals surface area contributed by atoms with E-state index in [1.165, 1.54) is 5.69 Å². The molecule has 0 radical (unpaired) electrons. The third-order valence-electron chi connectivity index (χ3n) is 4.63. The molecule has 0 bridgehead atoms. The standard InChI is InChI=1S/C20H27N5O2.HI/c1-21-20(22-10-9-18-8-5-15-27-18)23-16-19(26)25-13-11-24(12-14-25)17-6-3-2-4-7-17;/h2-8,15H,9-14,16H2,1H3,(H2,21,22,23);1H. The predicted octanol–water partition coefficient (Wildman–Crippen LogP) is 1.95. The minimum Gasteiger partial charge on any atom is -0.469 e. The summed E-state index contributed by atoms with van der Waals surface area (Å²) >= 11 is 0. The molecule has 1 aromatic heterocycles. The average Bonchev–Trinajstić information content (AvgIpc) is 3.24. The number of carbonyl (C=O) groups is 1. The third-order valence-corrected chi connectivity index (χ3v) is 4.63. The van der Waals surface area contributed by atoms with Gasteiger partial charge in [0.05, 0.1) is 12.8 Å². The van der Waals surface area contributed by atoms with Gasteiger partial charge in [-0.3, -0.25) is 9.79 Å². The molecule has 28 heavy (non-hydrogen) atoms. The van der Waals surface area contributed by atoms with Crippen molar-refractivity contribution in [2.45, 2.75) is 6.42 Å². The van der Waals surface area contributed by atoms with Gasteiger partial charge in [-0.2, -0.15) is 0 Å². The maximum atomic E-state index is 12.5. The minimum atomic E-state index is 0.